The zero-order valence-corrected chi connectivity index (χ0v) is 11.3. The molecule has 3 heteroatoms. The zero-order chi connectivity index (χ0) is 13.2. The summed E-state index contributed by atoms with van der Waals surface area (Å²) < 4.78 is 0. The Morgan fingerprint density at radius 2 is 1.74 bits per heavy atom. The number of aromatic hydroxyl groups is 1. The lowest BCUT2D eigenvalue weighted by molar-refractivity contribution is 0.147. The van der Waals surface area contributed by atoms with Crippen molar-refractivity contribution in [3.63, 3.8) is 0 Å². The SMILES string of the molecule is CN1CCN(Cc2ccc3ccccc3c2O)CC1. The average molecular weight is 256 g/mol. The first kappa shape index (κ1) is 12.5. The molecule has 0 aliphatic carbocycles. The highest BCUT2D eigenvalue weighted by molar-refractivity contribution is 5.89. The molecular weight excluding hydrogens is 236 g/mol. The van der Waals surface area contributed by atoms with Crippen LogP contribution in [-0.2, 0) is 6.54 Å². The third kappa shape index (κ3) is 2.57. The maximum atomic E-state index is 10.4. The van der Waals surface area contributed by atoms with E-state index in [1.54, 1.807) is 0 Å². The molecule has 0 amide bonds. The van der Waals surface area contributed by atoms with E-state index in [0.717, 1.165) is 49.1 Å². The molecule has 1 aliphatic rings. The Hall–Kier alpha value is -1.58. The van der Waals surface area contributed by atoms with Crippen molar-refractivity contribution in [1.82, 2.24) is 9.80 Å². The number of phenols is 1. The molecule has 100 valence electrons. The summed E-state index contributed by atoms with van der Waals surface area (Å²) in [5.41, 5.74) is 1.03. The maximum absolute atomic E-state index is 10.4. The Kier molecular flexibility index (Phi) is 3.40. The number of hydrogen-bond acceptors (Lipinski definition) is 3. The van der Waals surface area contributed by atoms with Crippen LogP contribution in [0.1, 0.15) is 5.56 Å². The molecular formula is C16H20N2O. The van der Waals surface area contributed by atoms with E-state index in [2.05, 4.69) is 29.0 Å². The fourth-order valence-electron chi connectivity index (χ4n) is 2.67. The minimum atomic E-state index is 0.442. The van der Waals surface area contributed by atoms with Crippen molar-refractivity contribution in [1.29, 1.82) is 0 Å². The molecule has 1 aliphatic heterocycles. The molecule has 0 unspecified atom stereocenters. The van der Waals surface area contributed by atoms with Gasteiger partial charge in [-0.15, -0.1) is 0 Å². The van der Waals surface area contributed by atoms with Crippen molar-refractivity contribution in [2.45, 2.75) is 6.54 Å². The van der Waals surface area contributed by atoms with Crippen molar-refractivity contribution in [3.05, 3.63) is 42.0 Å². The van der Waals surface area contributed by atoms with Gasteiger partial charge in [-0.05, 0) is 12.4 Å². The summed E-state index contributed by atoms with van der Waals surface area (Å²) in [4.78, 5) is 4.75. The van der Waals surface area contributed by atoms with Crippen LogP contribution in [0, 0.1) is 0 Å². The summed E-state index contributed by atoms with van der Waals surface area (Å²) in [5, 5.41) is 12.4. The van der Waals surface area contributed by atoms with Gasteiger partial charge in [-0.1, -0.05) is 36.4 Å². The number of hydrogen-bond donors (Lipinski definition) is 1. The second-order valence-corrected chi connectivity index (χ2v) is 5.37. The van der Waals surface area contributed by atoms with Gasteiger partial charge >= 0.3 is 0 Å². The summed E-state index contributed by atoms with van der Waals surface area (Å²) in [7, 11) is 2.16. The first-order valence-electron chi connectivity index (χ1n) is 6.84. The number of phenolic OH excluding ortho intramolecular Hbond substituents is 1. The molecule has 0 saturated carbocycles. The van der Waals surface area contributed by atoms with Crippen LogP contribution in [0.15, 0.2) is 36.4 Å². The van der Waals surface area contributed by atoms with Gasteiger partial charge in [0.2, 0.25) is 0 Å². The van der Waals surface area contributed by atoms with Crippen LogP contribution in [-0.4, -0.2) is 48.1 Å². The van der Waals surface area contributed by atoms with Gasteiger partial charge in [-0.2, -0.15) is 0 Å². The zero-order valence-electron chi connectivity index (χ0n) is 11.3. The van der Waals surface area contributed by atoms with E-state index >= 15 is 0 Å². The summed E-state index contributed by atoms with van der Waals surface area (Å²) in [6.45, 7) is 5.19. The molecule has 1 heterocycles. The Labute approximate surface area is 114 Å². The Bertz CT molecular complexity index is 574. The van der Waals surface area contributed by atoms with Gasteiger partial charge < -0.3 is 10.0 Å². The van der Waals surface area contributed by atoms with E-state index in [1.807, 2.05) is 24.3 Å². The number of nitrogens with zero attached hydrogens (tertiary/aromatic N) is 2. The lowest BCUT2D eigenvalue weighted by Crippen LogP contribution is -2.43. The molecule has 3 rings (SSSR count). The molecule has 3 nitrogen and oxygen atoms in total. The van der Waals surface area contributed by atoms with Gasteiger partial charge in [0.1, 0.15) is 5.75 Å². The summed E-state index contributed by atoms with van der Waals surface area (Å²) in [6.07, 6.45) is 0. The highest BCUT2D eigenvalue weighted by Gasteiger charge is 2.16. The fraction of sp³-hybridized carbons (Fsp3) is 0.375. The van der Waals surface area contributed by atoms with Gasteiger partial charge in [0, 0.05) is 43.7 Å². The monoisotopic (exact) mass is 256 g/mol. The molecule has 2 aromatic carbocycles. The maximum Gasteiger partial charge on any atom is 0.127 e. The van der Waals surface area contributed by atoms with Gasteiger partial charge in [0.25, 0.3) is 0 Å². The van der Waals surface area contributed by atoms with Crippen LogP contribution in [0.3, 0.4) is 0 Å². The molecule has 1 saturated heterocycles. The molecule has 0 bridgehead atoms. The van der Waals surface area contributed by atoms with Crippen LogP contribution < -0.4 is 0 Å². The van der Waals surface area contributed by atoms with Crippen molar-refractivity contribution in [2.24, 2.45) is 0 Å². The lowest BCUT2D eigenvalue weighted by Gasteiger charge is -2.32. The van der Waals surface area contributed by atoms with E-state index in [9.17, 15) is 5.11 Å². The quantitative estimate of drug-likeness (QED) is 0.893. The van der Waals surface area contributed by atoms with Gasteiger partial charge in [-0.25, -0.2) is 0 Å². The molecule has 0 spiro atoms. The van der Waals surface area contributed by atoms with Crippen molar-refractivity contribution in [3.8, 4) is 5.75 Å². The minimum Gasteiger partial charge on any atom is -0.507 e. The Morgan fingerprint density at radius 3 is 2.53 bits per heavy atom. The molecule has 19 heavy (non-hydrogen) atoms. The average Bonchev–Trinajstić information content (AvgIpc) is 2.45. The largest absolute Gasteiger partial charge is 0.507 e. The number of fused-ring (bicyclic) bond motifs is 1. The molecule has 2 aromatic rings. The van der Waals surface area contributed by atoms with Crippen LogP contribution in [0.2, 0.25) is 0 Å². The highest BCUT2D eigenvalue weighted by Crippen LogP contribution is 2.29. The van der Waals surface area contributed by atoms with Gasteiger partial charge in [0.05, 0.1) is 0 Å². The first-order chi connectivity index (χ1) is 9.24. The van der Waals surface area contributed by atoms with Crippen LogP contribution in [0.4, 0.5) is 0 Å². The van der Waals surface area contributed by atoms with Crippen molar-refractivity contribution < 1.29 is 5.11 Å². The highest BCUT2D eigenvalue weighted by atomic mass is 16.3. The Morgan fingerprint density at radius 1 is 1.00 bits per heavy atom. The van der Waals surface area contributed by atoms with E-state index in [-0.39, 0.29) is 0 Å². The van der Waals surface area contributed by atoms with Crippen LogP contribution in [0.5, 0.6) is 5.75 Å². The standard InChI is InChI=1S/C16H20N2O/c1-17-8-10-18(11-9-17)12-14-7-6-13-4-2-3-5-15(13)16(14)19/h2-7,19H,8-12H2,1H3. The molecule has 1 N–H and O–H groups in total. The van der Waals surface area contributed by atoms with E-state index in [4.69, 9.17) is 0 Å². The second kappa shape index (κ2) is 5.19. The van der Waals surface area contributed by atoms with Crippen molar-refractivity contribution in [2.75, 3.05) is 33.2 Å². The van der Waals surface area contributed by atoms with E-state index in [1.165, 1.54) is 0 Å². The minimum absolute atomic E-state index is 0.442. The van der Waals surface area contributed by atoms with E-state index in [0.29, 0.717) is 5.75 Å². The predicted octanol–water partition coefficient (Wildman–Crippen LogP) is 2.29. The number of likely N-dealkylation sites (N-methyl/N-ethyl adjacent to an activating group) is 1. The topological polar surface area (TPSA) is 26.7 Å². The van der Waals surface area contributed by atoms with Gasteiger partial charge in [0.15, 0.2) is 0 Å². The summed E-state index contributed by atoms with van der Waals surface area (Å²) >= 11 is 0. The number of rotatable bonds is 2. The summed E-state index contributed by atoms with van der Waals surface area (Å²) in [5.74, 6) is 0.442. The third-order valence-corrected chi connectivity index (χ3v) is 3.97. The second-order valence-electron chi connectivity index (χ2n) is 5.37. The molecule has 1 fully saturated rings. The van der Waals surface area contributed by atoms with Crippen LogP contribution in [0.25, 0.3) is 10.8 Å². The predicted molar refractivity (Wildman–Crippen MR) is 78.4 cm³/mol. The smallest absolute Gasteiger partial charge is 0.127 e. The normalized spacial score (nSPS) is 17.9. The first-order valence-corrected chi connectivity index (χ1v) is 6.84. The molecule has 0 atom stereocenters. The molecule has 0 radical (unpaired) electrons. The van der Waals surface area contributed by atoms with Gasteiger partial charge in [-0.3, -0.25) is 4.90 Å². The van der Waals surface area contributed by atoms with Crippen LogP contribution >= 0.6 is 0 Å². The number of piperazine rings is 1. The Balaban J connectivity index is 1.83. The summed E-state index contributed by atoms with van der Waals surface area (Å²) in [6, 6.07) is 12.1. The third-order valence-electron chi connectivity index (χ3n) is 3.97. The van der Waals surface area contributed by atoms with Crippen molar-refractivity contribution >= 4 is 10.8 Å². The van der Waals surface area contributed by atoms with E-state index < -0.39 is 0 Å². The fourth-order valence-corrected chi connectivity index (χ4v) is 2.67. The lowest BCUT2D eigenvalue weighted by atomic mass is 10.0. The molecule has 0 aromatic heterocycles. The number of benzene rings is 2.